The van der Waals surface area contributed by atoms with Crippen LogP contribution >= 0.6 is 24.8 Å². The van der Waals surface area contributed by atoms with Crippen LogP contribution < -0.4 is 0 Å². The molecule has 0 fully saturated rings. The molecule has 0 radical (unpaired) electrons. The van der Waals surface area contributed by atoms with Crippen molar-refractivity contribution in [3.8, 4) is 0 Å². The third-order valence-corrected chi connectivity index (χ3v) is 35.3. The fourth-order valence-corrected chi connectivity index (χ4v) is 33.8. The molecule has 0 nitrogen and oxygen atoms in total. The SMILES string of the molecule is C[SiH](C)[Hf]([C@@H]1C=Cc2ccccc21)[C@H]1C=Cc2ccccc21.Cl.Cl. The Hall–Kier alpha value is -0.413. The summed E-state index contributed by atoms with van der Waals surface area (Å²) in [5.41, 5.74) is 6.20. The van der Waals surface area contributed by atoms with E-state index < -0.39 is 26.6 Å². The fourth-order valence-electron chi connectivity index (χ4n) is 3.99. The van der Waals surface area contributed by atoms with E-state index in [4.69, 9.17) is 0 Å². The molecule has 2 aromatic rings. The summed E-state index contributed by atoms with van der Waals surface area (Å²) in [6.45, 7) is 5.21. The van der Waals surface area contributed by atoms with E-state index in [-0.39, 0.29) is 24.8 Å². The minimum absolute atomic E-state index is 0. The monoisotopic (exact) mass is 541 g/mol. The Bertz CT molecular complexity index is 708. The van der Waals surface area contributed by atoms with E-state index in [1.54, 1.807) is 11.1 Å². The van der Waals surface area contributed by atoms with Crippen LogP contribution in [0.3, 0.4) is 0 Å². The summed E-state index contributed by atoms with van der Waals surface area (Å²) in [5, 5.41) is 0. The molecule has 2 aromatic carbocycles. The van der Waals surface area contributed by atoms with Crippen LogP contribution in [-0.2, 0) is 20.6 Å². The first-order chi connectivity index (χ1) is 10.8. The molecule has 0 spiro atoms. The van der Waals surface area contributed by atoms with Gasteiger partial charge in [-0.3, -0.25) is 0 Å². The molecule has 0 N–H and O–H groups in total. The molecule has 0 saturated carbocycles. The van der Waals surface area contributed by atoms with E-state index in [9.17, 15) is 0 Å². The summed E-state index contributed by atoms with van der Waals surface area (Å²) in [7, 11) is 0. The molecule has 4 heteroatoms. The quantitative estimate of drug-likeness (QED) is 0.421. The van der Waals surface area contributed by atoms with Crippen molar-refractivity contribution in [1.29, 1.82) is 0 Å². The van der Waals surface area contributed by atoms with Gasteiger partial charge in [0.2, 0.25) is 0 Å². The Morgan fingerprint density at radius 1 is 0.708 bits per heavy atom. The van der Waals surface area contributed by atoms with E-state index >= 15 is 0 Å². The van der Waals surface area contributed by atoms with E-state index in [0.29, 0.717) is 0 Å². The van der Waals surface area contributed by atoms with Crippen molar-refractivity contribution >= 4 is 42.9 Å². The zero-order valence-corrected chi connectivity index (χ0v) is 20.4. The maximum absolute atomic E-state index is 2.60. The molecule has 0 unspecified atom stereocenters. The summed E-state index contributed by atoms with van der Waals surface area (Å²) < 4.78 is 1.60. The molecule has 125 valence electrons. The van der Waals surface area contributed by atoms with Crippen LogP contribution in [0.5, 0.6) is 0 Å². The van der Waals surface area contributed by atoms with Crippen LogP contribution in [0.2, 0.25) is 13.1 Å². The average Bonchev–Trinajstić information content (AvgIpc) is 3.13. The van der Waals surface area contributed by atoms with Crippen molar-refractivity contribution < 1.29 is 20.6 Å². The average molecular weight is 541 g/mol. The Balaban J connectivity index is 0.00000104. The normalized spacial score (nSPS) is 19.5. The number of fused-ring (bicyclic) bond motifs is 2. The van der Waals surface area contributed by atoms with Gasteiger partial charge in [-0.15, -0.1) is 24.8 Å². The summed E-state index contributed by atoms with van der Waals surface area (Å²) in [4.78, 5) is 0. The zero-order valence-electron chi connectivity index (χ0n) is 14.0. The van der Waals surface area contributed by atoms with Gasteiger partial charge in [0.1, 0.15) is 0 Å². The molecule has 2 atom stereocenters. The number of hydrogen-bond donors (Lipinski definition) is 0. The number of hydrogen-bond acceptors (Lipinski definition) is 0. The molecule has 2 aliphatic rings. The Morgan fingerprint density at radius 2 is 1.12 bits per heavy atom. The molecular weight excluding hydrogens is 518 g/mol. The molecule has 0 aromatic heterocycles. The third kappa shape index (κ3) is 3.44. The van der Waals surface area contributed by atoms with Crippen molar-refractivity contribution in [2.24, 2.45) is 0 Å². The summed E-state index contributed by atoms with van der Waals surface area (Å²) in [6, 6.07) is 18.1. The Morgan fingerprint density at radius 3 is 1.54 bits per heavy atom. The number of allylic oxidation sites excluding steroid dienone is 2. The van der Waals surface area contributed by atoms with E-state index in [0.717, 1.165) is 7.35 Å². The number of benzene rings is 2. The second-order valence-electron chi connectivity index (χ2n) is 6.59. The summed E-state index contributed by atoms with van der Waals surface area (Å²) in [5.74, 6) is -0.599. The molecule has 0 amide bonds. The van der Waals surface area contributed by atoms with Crippen LogP contribution in [0.15, 0.2) is 60.7 Å². The minimum Gasteiger partial charge on any atom is -0.147 e. The van der Waals surface area contributed by atoms with Crippen LogP contribution in [0.4, 0.5) is 0 Å². The molecule has 4 rings (SSSR count). The van der Waals surface area contributed by atoms with Gasteiger partial charge in [-0.1, -0.05) is 0 Å². The fraction of sp³-hybridized carbons (Fsp3) is 0.200. The van der Waals surface area contributed by atoms with Gasteiger partial charge in [0.05, 0.1) is 0 Å². The van der Waals surface area contributed by atoms with Crippen LogP contribution in [-0.4, -0.2) is 5.98 Å². The molecule has 0 bridgehead atoms. The van der Waals surface area contributed by atoms with Gasteiger partial charge >= 0.3 is 142 Å². The largest absolute Gasteiger partial charge is 0.147 e. The van der Waals surface area contributed by atoms with E-state index in [1.807, 2.05) is 0 Å². The smallest absolute Gasteiger partial charge is 0.147 e. The van der Waals surface area contributed by atoms with Crippen molar-refractivity contribution in [1.82, 2.24) is 0 Å². The molecule has 0 saturated heterocycles. The zero-order chi connectivity index (χ0) is 15.1. The second kappa shape index (κ2) is 8.31. The predicted molar refractivity (Wildman–Crippen MR) is 110 cm³/mol. The molecule has 2 aliphatic carbocycles. The Labute approximate surface area is 166 Å². The van der Waals surface area contributed by atoms with Crippen LogP contribution in [0.1, 0.15) is 29.6 Å². The standard InChI is InChI=1S/2C9H7.C2H7Si.2ClH.Hf/c2*1-2-5-9-7-3-6-8(9)4-1;1-3-2;;;/h2*1-7H;3H,1-2H3;2*1H;. The molecule has 24 heavy (non-hydrogen) atoms. The first-order valence-corrected chi connectivity index (χ1v) is 21.4. The summed E-state index contributed by atoms with van der Waals surface area (Å²) >= 11 is -1.81. The van der Waals surface area contributed by atoms with Gasteiger partial charge in [-0.25, -0.2) is 0 Å². The number of halogens is 2. The summed E-state index contributed by atoms with van der Waals surface area (Å²) in [6.07, 6.45) is 9.86. The van der Waals surface area contributed by atoms with Crippen molar-refractivity contribution in [2.75, 3.05) is 0 Å². The minimum atomic E-state index is -1.81. The van der Waals surface area contributed by atoms with Gasteiger partial charge in [0.15, 0.2) is 0 Å². The maximum Gasteiger partial charge on any atom is -0.147 e. The van der Waals surface area contributed by atoms with Crippen molar-refractivity contribution in [3.05, 3.63) is 82.9 Å². The third-order valence-electron chi connectivity index (χ3n) is 4.98. The van der Waals surface area contributed by atoms with Gasteiger partial charge in [0, 0.05) is 0 Å². The second-order valence-corrected chi connectivity index (χ2v) is 34.9. The van der Waals surface area contributed by atoms with Gasteiger partial charge in [0.25, 0.3) is 0 Å². The molecular formula is C20H23Cl2HfSi. The number of rotatable bonds is 3. The molecule has 0 aliphatic heterocycles. The van der Waals surface area contributed by atoms with E-state index in [2.05, 4.69) is 85.9 Å². The first kappa shape index (κ1) is 19.9. The predicted octanol–water partition coefficient (Wildman–Crippen LogP) is 5.97. The molecule has 0 heterocycles. The van der Waals surface area contributed by atoms with Crippen molar-refractivity contribution in [3.63, 3.8) is 0 Å². The van der Waals surface area contributed by atoms with Gasteiger partial charge < -0.3 is 0 Å². The van der Waals surface area contributed by atoms with Gasteiger partial charge in [-0.2, -0.15) is 0 Å². The maximum atomic E-state index is 2.60. The van der Waals surface area contributed by atoms with Gasteiger partial charge in [-0.05, 0) is 0 Å². The van der Waals surface area contributed by atoms with E-state index in [1.165, 1.54) is 11.1 Å². The van der Waals surface area contributed by atoms with Crippen molar-refractivity contribution in [2.45, 2.75) is 20.4 Å². The topological polar surface area (TPSA) is 0 Å². The van der Waals surface area contributed by atoms with Crippen LogP contribution in [0, 0.1) is 0 Å². The first-order valence-electron chi connectivity index (χ1n) is 8.16. The Kier molecular flexibility index (Phi) is 6.89. The van der Waals surface area contributed by atoms with Crippen LogP contribution in [0.25, 0.3) is 12.2 Å².